The Kier molecular flexibility index (Phi) is 6.70. The molecule has 0 saturated carbocycles. The molecule has 0 atom stereocenters. The van der Waals surface area contributed by atoms with E-state index in [1.54, 1.807) is 18.4 Å². The van der Waals surface area contributed by atoms with E-state index in [4.69, 9.17) is 0 Å². The van der Waals surface area contributed by atoms with Crippen LogP contribution in [0.5, 0.6) is 0 Å². The van der Waals surface area contributed by atoms with E-state index < -0.39 is 0 Å². The number of amides is 1. The number of likely N-dealkylation sites (tertiary alicyclic amines) is 1. The van der Waals surface area contributed by atoms with Crippen LogP contribution in [-0.4, -0.2) is 44.0 Å². The zero-order valence-electron chi connectivity index (χ0n) is 13.1. The van der Waals surface area contributed by atoms with Crippen molar-refractivity contribution in [2.75, 3.05) is 27.2 Å². The van der Waals surface area contributed by atoms with Gasteiger partial charge in [0.15, 0.2) is 5.96 Å². The van der Waals surface area contributed by atoms with Gasteiger partial charge >= 0.3 is 0 Å². The summed E-state index contributed by atoms with van der Waals surface area (Å²) in [7, 11) is 3.52. The Bertz CT molecular complexity index is 523. The summed E-state index contributed by atoms with van der Waals surface area (Å²) >= 11 is 5.22. The number of halogens is 1. The predicted octanol–water partition coefficient (Wildman–Crippen LogP) is 2.43. The number of rotatable bonds is 4. The van der Waals surface area contributed by atoms with Crippen molar-refractivity contribution >= 4 is 39.1 Å². The molecule has 1 aromatic heterocycles. The summed E-state index contributed by atoms with van der Waals surface area (Å²) in [6.07, 6.45) is 2.72. The van der Waals surface area contributed by atoms with Gasteiger partial charge < -0.3 is 15.5 Å². The summed E-state index contributed by atoms with van der Waals surface area (Å²) in [5.74, 6) is 1.58. The highest BCUT2D eigenvalue weighted by molar-refractivity contribution is 9.11. The van der Waals surface area contributed by atoms with Crippen LogP contribution in [0, 0.1) is 5.92 Å². The molecule has 22 heavy (non-hydrogen) atoms. The Morgan fingerprint density at radius 1 is 1.45 bits per heavy atom. The van der Waals surface area contributed by atoms with Crippen LogP contribution in [0.2, 0.25) is 0 Å². The van der Waals surface area contributed by atoms with Crippen LogP contribution < -0.4 is 10.6 Å². The zero-order chi connectivity index (χ0) is 15.9. The standard InChI is InChI=1S/C15H23BrN4OS/c1-17-14(21)9-11-5-7-20(8-6-11)15(18-2)19-10-12-3-4-13(16)22-12/h3-4,11H,5-10H2,1-2H3,(H,17,21)(H,18,19). The lowest BCUT2D eigenvalue weighted by Crippen LogP contribution is -2.45. The maximum Gasteiger partial charge on any atom is 0.220 e. The molecular weight excluding hydrogens is 364 g/mol. The average Bonchev–Trinajstić information content (AvgIpc) is 2.95. The Hall–Kier alpha value is -1.08. The SMILES string of the molecule is CN=C(NCc1ccc(Br)s1)N1CCC(CC(=O)NC)CC1. The van der Waals surface area contributed by atoms with E-state index in [0.717, 1.165) is 42.2 Å². The lowest BCUT2D eigenvalue weighted by atomic mass is 9.93. The summed E-state index contributed by atoms with van der Waals surface area (Å²) < 4.78 is 1.15. The molecule has 1 amide bonds. The maximum absolute atomic E-state index is 11.4. The molecule has 1 aliphatic rings. The van der Waals surface area contributed by atoms with E-state index in [2.05, 4.69) is 48.6 Å². The molecule has 2 heterocycles. The van der Waals surface area contributed by atoms with Gasteiger partial charge in [0.1, 0.15) is 0 Å². The molecule has 1 saturated heterocycles. The van der Waals surface area contributed by atoms with Crippen LogP contribution in [0.3, 0.4) is 0 Å². The molecule has 7 heteroatoms. The second-order valence-electron chi connectivity index (χ2n) is 5.41. The van der Waals surface area contributed by atoms with Crippen molar-refractivity contribution in [1.82, 2.24) is 15.5 Å². The number of aliphatic imine (C=N–C) groups is 1. The lowest BCUT2D eigenvalue weighted by Gasteiger charge is -2.34. The summed E-state index contributed by atoms with van der Waals surface area (Å²) in [6, 6.07) is 4.18. The third-order valence-corrected chi connectivity index (χ3v) is 5.55. The van der Waals surface area contributed by atoms with E-state index in [9.17, 15) is 4.79 Å². The number of piperidine rings is 1. The fraction of sp³-hybridized carbons (Fsp3) is 0.600. The molecule has 0 radical (unpaired) electrons. The van der Waals surface area contributed by atoms with Crippen LogP contribution in [0.15, 0.2) is 20.9 Å². The molecule has 2 rings (SSSR count). The molecule has 1 aromatic rings. The number of hydrogen-bond acceptors (Lipinski definition) is 3. The third kappa shape index (κ3) is 4.98. The fourth-order valence-electron chi connectivity index (χ4n) is 2.66. The Morgan fingerprint density at radius 2 is 2.18 bits per heavy atom. The largest absolute Gasteiger partial charge is 0.359 e. The number of hydrogen-bond donors (Lipinski definition) is 2. The van der Waals surface area contributed by atoms with Gasteiger partial charge in [-0.25, -0.2) is 0 Å². The fourth-order valence-corrected chi connectivity index (χ4v) is 4.08. The quantitative estimate of drug-likeness (QED) is 0.616. The molecule has 1 fully saturated rings. The van der Waals surface area contributed by atoms with Gasteiger partial charge in [-0.1, -0.05) is 0 Å². The second kappa shape index (κ2) is 8.53. The zero-order valence-corrected chi connectivity index (χ0v) is 15.5. The minimum Gasteiger partial charge on any atom is -0.359 e. The van der Waals surface area contributed by atoms with Crippen molar-refractivity contribution in [1.29, 1.82) is 0 Å². The van der Waals surface area contributed by atoms with Gasteiger partial charge in [0.2, 0.25) is 5.91 Å². The minimum atomic E-state index is 0.143. The highest BCUT2D eigenvalue weighted by Gasteiger charge is 2.22. The molecule has 5 nitrogen and oxygen atoms in total. The van der Waals surface area contributed by atoms with E-state index in [1.807, 2.05) is 7.05 Å². The topological polar surface area (TPSA) is 56.7 Å². The predicted molar refractivity (Wildman–Crippen MR) is 95.2 cm³/mol. The number of carbonyl (C=O) groups is 1. The Balaban J connectivity index is 1.79. The first-order chi connectivity index (χ1) is 10.6. The van der Waals surface area contributed by atoms with Crippen LogP contribution in [-0.2, 0) is 11.3 Å². The van der Waals surface area contributed by atoms with E-state index in [0.29, 0.717) is 12.3 Å². The molecule has 0 unspecified atom stereocenters. The van der Waals surface area contributed by atoms with Gasteiger partial charge in [0, 0.05) is 38.5 Å². The number of nitrogens with one attached hydrogen (secondary N) is 2. The first kappa shape index (κ1) is 17.3. The molecule has 0 spiro atoms. The molecule has 2 N–H and O–H groups in total. The molecule has 0 aromatic carbocycles. The van der Waals surface area contributed by atoms with E-state index in [1.165, 1.54) is 4.88 Å². The number of carbonyl (C=O) groups excluding carboxylic acids is 1. The number of nitrogens with zero attached hydrogens (tertiary/aromatic N) is 2. The van der Waals surface area contributed by atoms with Crippen LogP contribution in [0.25, 0.3) is 0 Å². The monoisotopic (exact) mass is 386 g/mol. The minimum absolute atomic E-state index is 0.143. The molecule has 0 aliphatic carbocycles. The maximum atomic E-state index is 11.4. The van der Waals surface area contributed by atoms with Gasteiger partial charge in [-0.3, -0.25) is 9.79 Å². The lowest BCUT2D eigenvalue weighted by molar-refractivity contribution is -0.121. The number of thiophene rings is 1. The van der Waals surface area contributed by atoms with Gasteiger partial charge in [-0.15, -0.1) is 11.3 Å². The van der Waals surface area contributed by atoms with E-state index >= 15 is 0 Å². The highest BCUT2D eigenvalue weighted by atomic mass is 79.9. The summed E-state index contributed by atoms with van der Waals surface area (Å²) in [5, 5.41) is 6.13. The highest BCUT2D eigenvalue weighted by Crippen LogP contribution is 2.22. The Labute approximate surface area is 144 Å². The third-order valence-electron chi connectivity index (χ3n) is 3.93. The van der Waals surface area contributed by atoms with Gasteiger partial charge in [-0.05, 0) is 46.8 Å². The molecule has 1 aliphatic heterocycles. The second-order valence-corrected chi connectivity index (χ2v) is 7.96. The van der Waals surface area contributed by atoms with Crippen LogP contribution in [0.1, 0.15) is 24.1 Å². The molecule has 0 bridgehead atoms. The van der Waals surface area contributed by atoms with E-state index in [-0.39, 0.29) is 5.91 Å². The Morgan fingerprint density at radius 3 is 2.73 bits per heavy atom. The van der Waals surface area contributed by atoms with Crippen molar-refractivity contribution in [3.05, 3.63) is 20.8 Å². The molecule has 122 valence electrons. The summed E-state index contributed by atoms with van der Waals surface area (Å²) in [5.41, 5.74) is 0. The average molecular weight is 387 g/mol. The summed E-state index contributed by atoms with van der Waals surface area (Å²) in [6.45, 7) is 2.70. The van der Waals surface area contributed by atoms with Crippen molar-refractivity contribution in [3.8, 4) is 0 Å². The van der Waals surface area contributed by atoms with Crippen molar-refractivity contribution < 1.29 is 4.79 Å². The summed E-state index contributed by atoms with van der Waals surface area (Å²) in [4.78, 5) is 19.4. The number of guanidine groups is 1. The van der Waals surface area contributed by atoms with Gasteiger partial charge in [0.05, 0.1) is 10.3 Å². The first-order valence-electron chi connectivity index (χ1n) is 7.52. The first-order valence-corrected chi connectivity index (χ1v) is 9.13. The van der Waals surface area contributed by atoms with Crippen molar-refractivity contribution in [2.45, 2.75) is 25.8 Å². The van der Waals surface area contributed by atoms with Crippen LogP contribution in [0.4, 0.5) is 0 Å². The van der Waals surface area contributed by atoms with Crippen molar-refractivity contribution in [2.24, 2.45) is 10.9 Å². The smallest absolute Gasteiger partial charge is 0.220 e. The molecular formula is C15H23BrN4OS. The van der Waals surface area contributed by atoms with Gasteiger partial charge in [-0.2, -0.15) is 0 Å². The van der Waals surface area contributed by atoms with Crippen molar-refractivity contribution in [3.63, 3.8) is 0 Å². The normalized spacial score (nSPS) is 16.7. The van der Waals surface area contributed by atoms with Crippen LogP contribution >= 0.6 is 27.3 Å². The van der Waals surface area contributed by atoms with Gasteiger partial charge in [0.25, 0.3) is 0 Å².